The summed E-state index contributed by atoms with van der Waals surface area (Å²) in [6.45, 7) is 2.21. The molecule has 0 fully saturated rings. The van der Waals surface area contributed by atoms with Gasteiger partial charge < -0.3 is 5.32 Å². The average Bonchev–Trinajstić information content (AvgIpc) is 3.08. The van der Waals surface area contributed by atoms with Crippen LogP contribution in [0.2, 0.25) is 0 Å². The topological polar surface area (TPSA) is 95.9 Å². The maximum absolute atomic E-state index is 12.6. The Balaban J connectivity index is 1.66. The second-order valence-electron chi connectivity index (χ2n) is 6.61. The van der Waals surface area contributed by atoms with E-state index in [4.69, 9.17) is 0 Å². The van der Waals surface area contributed by atoms with Gasteiger partial charge in [-0.25, -0.2) is 14.6 Å². The Labute approximate surface area is 159 Å². The summed E-state index contributed by atoms with van der Waals surface area (Å²) < 4.78 is 6.02. The Morgan fingerprint density at radius 3 is 2.50 bits per heavy atom. The van der Waals surface area contributed by atoms with Crippen LogP contribution in [0.3, 0.4) is 0 Å². The Morgan fingerprint density at radius 1 is 1.00 bits per heavy atom. The predicted octanol–water partition coefficient (Wildman–Crippen LogP) is 1.05. The molecule has 0 atom stereocenters. The van der Waals surface area contributed by atoms with Gasteiger partial charge in [-0.2, -0.15) is 0 Å². The fourth-order valence-corrected chi connectivity index (χ4v) is 3.51. The van der Waals surface area contributed by atoms with Crippen molar-refractivity contribution < 1.29 is 4.79 Å². The van der Waals surface area contributed by atoms with E-state index in [-0.39, 0.29) is 23.8 Å². The van der Waals surface area contributed by atoms with Gasteiger partial charge >= 0.3 is 11.4 Å². The van der Waals surface area contributed by atoms with Gasteiger partial charge in [0.2, 0.25) is 5.91 Å². The Hall–Kier alpha value is -3.62. The van der Waals surface area contributed by atoms with E-state index in [0.717, 1.165) is 5.52 Å². The minimum Gasteiger partial charge on any atom is -0.324 e. The zero-order valence-electron chi connectivity index (χ0n) is 15.8. The van der Waals surface area contributed by atoms with Crippen LogP contribution in [0.25, 0.3) is 22.2 Å². The van der Waals surface area contributed by atoms with Crippen molar-refractivity contribution in [3.05, 3.63) is 57.5 Å². The molecular weight excluding hydrogens is 360 g/mol. The maximum Gasteiger partial charge on any atom is 0.330 e. The second kappa shape index (κ2) is 6.52. The molecular formula is C19H20N6O3. The minimum absolute atomic E-state index is 0.125. The molecule has 0 aliphatic rings. The van der Waals surface area contributed by atoms with Crippen molar-refractivity contribution in [3.8, 4) is 0 Å². The van der Waals surface area contributed by atoms with E-state index in [0.29, 0.717) is 28.9 Å². The van der Waals surface area contributed by atoms with Gasteiger partial charge in [0.25, 0.3) is 0 Å². The van der Waals surface area contributed by atoms with Crippen molar-refractivity contribution in [1.82, 2.24) is 23.3 Å². The number of aromatic nitrogens is 5. The number of fused-ring (bicyclic) bond motifs is 2. The van der Waals surface area contributed by atoms with Crippen molar-refractivity contribution in [3.63, 3.8) is 0 Å². The highest BCUT2D eigenvalue weighted by Crippen LogP contribution is 2.18. The number of carbonyl (C=O) groups excluding carboxylic acids is 1. The van der Waals surface area contributed by atoms with Crippen molar-refractivity contribution in [2.45, 2.75) is 20.0 Å². The zero-order valence-corrected chi connectivity index (χ0v) is 15.8. The molecule has 0 saturated carbocycles. The lowest BCUT2D eigenvalue weighted by atomic mass is 10.2. The smallest absolute Gasteiger partial charge is 0.324 e. The molecule has 0 bridgehead atoms. The normalized spacial score (nSPS) is 11.4. The highest BCUT2D eigenvalue weighted by atomic mass is 16.2. The van der Waals surface area contributed by atoms with E-state index in [1.54, 1.807) is 55.2 Å². The lowest BCUT2D eigenvalue weighted by molar-refractivity contribution is -0.116. The van der Waals surface area contributed by atoms with Crippen molar-refractivity contribution in [2.75, 3.05) is 5.32 Å². The number of hydrogen-bond donors (Lipinski definition) is 1. The van der Waals surface area contributed by atoms with Crippen LogP contribution in [-0.2, 0) is 32.0 Å². The first-order chi connectivity index (χ1) is 13.4. The summed E-state index contributed by atoms with van der Waals surface area (Å²) in [5.41, 5.74) is 2.82. The molecule has 28 heavy (non-hydrogen) atoms. The largest absolute Gasteiger partial charge is 0.330 e. The predicted molar refractivity (Wildman–Crippen MR) is 106 cm³/mol. The van der Waals surface area contributed by atoms with Gasteiger partial charge in [-0.1, -0.05) is 0 Å². The monoisotopic (exact) mass is 380 g/mol. The molecule has 0 aliphatic heterocycles. The van der Waals surface area contributed by atoms with Gasteiger partial charge in [-0.3, -0.25) is 23.1 Å². The number of nitrogens with one attached hydrogen (secondary N) is 1. The number of imidazole rings is 2. The third-order valence-corrected chi connectivity index (χ3v) is 4.95. The van der Waals surface area contributed by atoms with Crippen LogP contribution in [0.4, 0.5) is 5.69 Å². The highest BCUT2D eigenvalue weighted by molar-refractivity contribution is 5.93. The van der Waals surface area contributed by atoms with Gasteiger partial charge in [0.15, 0.2) is 5.65 Å². The van der Waals surface area contributed by atoms with Crippen LogP contribution in [0.5, 0.6) is 0 Å². The first kappa shape index (κ1) is 17.8. The lowest BCUT2D eigenvalue weighted by Gasteiger charge is -2.07. The molecule has 1 N–H and O–H groups in total. The molecule has 1 aromatic carbocycles. The van der Waals surface area contributed by atoms with Gasteiger partial charge in [0.05, 0.1) is 16.6 Å². The van der Waals surface area contributed by atoms with Gasteiger partial charge in [-0.05, 0) is 37.3 Å². The van der Waals surface area contributed by atoms with Crippen LogP contribution in [0.15, 0.2) is 46.1 Å². The van der Waals surface area contributed by atoms with Crippen molar-refractivity contribution in [2.24, 2.45) is 14.1 Å². The Morgan fingerprint density at radius 2 is 1.75 bits per heavy atom. The summed E-state index contributed by atoms with van der Waals surface area (Å²) >= 11 is 0. The molecule has 0 saturated heterocycles. The molecule has 9 heteroatoms. The number of nitrogens with zero attached hydrogens (tertiary/aromatic N) is 5. The van der Waals surface area contributed by atoms with Crippen LogP contribution in [0, 0.1) is 0 Å². The van der Waals surface area contributed by atoms with E-state index in [9.17, 15) is 14.4 Å². The molecule has 144 valence electrons. The van der Waals surface area contributed by atoms with Crippen LogP contribution >= 0.6 is 0 Å². The number of carbonyl (C=O) groups is 1. The van der Waals surface area contributed by atoms with Gasteiger partial charge in [-0.15, -0.1) is 0 Å². The van der Waals surface area contributed by atoms with Crippen LogP contribution < -0.4 is 16.7 Å². The van der Waals surface area contributed by atoms with E-state index in [1.165, 1.54) is 13.7 Å². The molecule has 9 nitrogen and oxygen atoms in total. The quantitative estimate of drug-likeness (QED) is 0.572. The van der Waals surface area contributed by atoms with E-state index < -0.39 is 0 Å². The molecule has 3 heterocycles. The number of aryl methyl sites for hydroxylation is 3. The van der Waals surface area contributed by atoms with E-state index >= 15 is 0 Å². The fraction of sp³-hybridized carbons (Fsp3) is 0.263. The summed E-state index contributed by atoms with van der Waals surface area (Å²) in [6, 6.07) is 8.77. The second-order valence-corrected chi connectivity index (χ2v) is 6.61. The van der Waals surface area contributed by atoms with Gasteiger partial charge in [0, 0.05) is 32.5 Å². The highest BCUT2D eigenvalue weighted by Gasteiger charge is 2.16. The van der Waals surface area contributed by atoms with Crippen molar-refractivity contribution >= 4 is 33.8 Å². The maximum atomic E-state index is 12.6. The van der Waals surface area contributed by atoms with Crippen LogP contribution in [0.1, 0.15) is 6.92 Å². The molecule has 0 radical (unpaired) electrons. The number of rotatable bonds is 4. The molecule has 0 aliphatic carbocycles. The summed E-state index contributed by atoms with van der Waals surface area (Å²) in [4.78, 5) is 41.5. The van der Waals surface area contributed by atoms with E-state index in [2.05, 4.69) is 10.3 Å². The SMILES string of the molecule is CCn1c(=O)n(CC(=O)Nc2ccc3c(c2)n(C)c(=O)n3C)c2cccnc21. The number of anilines is 1. The molecule has 4 aromatic rings. The molecule has 3 aromatic heterocycles. The minimum atomic E-state index is -0.332. The number of hydrogen-bond acceptors (Lipinski definition) is 4. The molecule has 4 rings (SSSR count). The van der Waals surface area contributed by atoms with Crippen molar-refractivity contribution in [1.29, 1.82) is 0 Å². The zero-order chi connectivity index (χ0) is 20.0. The summed E-state index contributed by atoms with van der Waals surface area (Å²) in [5, 5.41) is 2.80. The summed E-state index contributed by atoms with van der Waals surface area (Å²) in [6.07, 6.45) is 1.62. The number of benzene rings is 1. The number of amides is 1. The van der Waals surface area contributed by atoms with Crippen LogP contribution in [-0.4, -0.2) is 29.2 Å². The third-order valence-electron chi connectivity index (χ3n) is 4.95. The average molecular weight is 380 g/mol. The first-order valence-electron chi connectivity index (χ1n) is 8.91. The molecule has 0 spiro atoms. The summed E-state index contributed by atoms with van der Waals surface area (Å²) in [7, 11) is 3.38. The standard InChI is InChI=1S/C19H20N6O3/c1-4-24-17-14(6-5-9-20-17)25(19(24)28)11-16(26)21-12-7-8-13-15(10-12)23(3)18(27)22(13)2/h5-10H,4,11H2,1-3H3,(H,21,26). The van der Waals surface area contributed by atoms with E-state index in [1.807, 2.05) is 6.92 Å². The summed E-state index contributed by atoms with van der Waals surface area (Å²) in [5.74, 6) is -0.332. The number of pyridine rings is 1. The lowest BCUT2D eigenvalue weighted by Crippen LogP contribution is -2.29. The molecule has 0 unspecified atom stereocenters. The Kier molecular flexibility index (Phi) is 4.14. The van der Waals surface area contributed by atoms with Gasteiger partial charge in [0.1, 0.15) is 6.54 Å². The third kappa shape index (κ3) is 2.63. The molecule has 1 amide bonds. The fourth-order valence-electron chi connectivity index (χ4n) is 3.51. The first-order valence-corrected chi connectivity index (χ1v) is 8.91. The Bertz CT molecular complexity index is 1340.